The smallest absolute Gasteiger partial charge is 0.294 e. The lowest BCUT2D eigenvalue weighted by atomic mass is 10.2. The second-order valence-corrected chi connectivity index (χ2v) is 13.3. The molecule has 0 bridgehead atoms. The molecule has 0 spiro atoms. The van der Waals surface area contributed by atoms with Crippen molar-refractivity contribution in [2.24, 2.45) is 15.3 Å². The van der Waals surface area contributed by atoms with Gasteiger partial charge >= 0.3 is 0 Å². The lowest BCUT2D eigenvalue weighted by molar-refractivity contribution is 0.112. The van der Waals surface area contributed by atoms with Crippen molar-refractivity contribution in [3.05, 3.63) is 107 Å². The molecule has 0 atom stereocenters. The Labute approximate surface area is 289 Å². The van der Waals surface area contributed by atoms with E-state index in [1.807, 2.05) is 19.1 Å². The topological polar surface area (TPSA) is 258 Å². The molecule has 0 aliphatic carbocycles. The Morgan fingerprint density at radius 3 is 2.12 bits per heavy atom. The second kappa shape index (κ2) is 14.7. The van der Waals surface area contributed by atoms with Crippen LogP contribution in [-0.2, 0) is 20.2 Å². The van der Waals surface area contributed by atoms with Crippen molar-refractivity contribution in [1.29, 1.82) is 0 Å². The third-order valence-corrected chi connectivity index (χ3v) is 8.39. The molecule has 0 unspecified atom stereocenters. The molecule has 256 valence electrons. The molecule has 0 amide bonds. The SMILES string of the molecule is Cc1cccc(Nc2nc(Cl)nc(Nc3cc(S(=O)(=O)O)cc(NN=C(N=Nc4ccccc4C=O)c4ccc(S(=O)(=O)O)cc4)c3O)n2)c1. The van der Waals surface area contributed by atoms with Gasteiger partial charge in [-0.3, -0.25) is 19.3 Å². The molecule has 5 rings (SSSR count). The van der Waals surface area contributed by atoms with Crippen molar-refractivity contribution >= 4 is 78.6 Å². The number of nitrogens with zero attached hydrogens (tertiary/aromatic N) is 6. The highest BCUT2D eigenvalue weighted by molar-refractivity contribution is 7.86. The van der Waals surface area contributed by atoms with E-state index >= 15 is 0 Å². The number of benzene rings is 4. The van der Waals surface area contributed by atoms with Crippen molar-refractivity contribution in [3.8, 4) is 5.75 Å². The number of rotatable bonds is 11. The van der Waals surface area contributed by atoms with Crippen molar-refractivity contribution < 1.29 is 35.8 Å². The van der Waals surface area contributed by atoms with Gasteiger partial charge in [-0.2, -0.15) is 36.9 Å². The van der Waals surface area contributed by atoms with Crippen molar-refractivity contribution in [3.63, 3.8) is 0 Å². The van der Waals surface area contributed by atoms with Crippen LogP contribution in [0, 0.1) is 6.92 Å². The van der Waals surface area contributed by atoms with Crippen molar-refractivity contribution in [1.82, 2.24) is 15.0 Å². The number of hydrogen-bond acceptors (Lipinski definition) is 14. The molecule has 1 aromatic heterocycles. The zero-order chi connectivity index (χ0) is 36.1. The lowest BCUT2D eigenvalue weighted by Crippen LogP contribution is -2.07. The van der Waals surface area contributed by atoms with Crippen LogP contribution in [0.25, 0.3) is 0 Å². The Morgan fingerprint density at radius 2 is 1.46 bits per heavy atom. The fourth-order valence-corrected chi connectivity index (χ4v) is 5.36. The zero-order valence-electron chi connectivity index (χ0n) is 25.4. The first-order valence-electron chi connectivity index (χ1n) is 13.9. The van der Waals surface area contributed by atoms with Crippen LogP contribution in [0.1, 0.15) is 21.5 Å². The van der Waals surface area contributed by atoms with E-state index in [1.54, 1.807) is 24.3 Å². The predicted octanol–water partition coefficient (Wildman–Crippen LogP) is 5.89. The fourth-order valence-electron chi connectivity index (χ4n) is 4.18. The summed E-state index contributed by atoms with van der Waals surface area (Å²) >= 11 is 6.10. The number of azo groups is 1. The Hall–Kier alpha value is -5.86. The van der Waals surface area contributed by atoms with E-state index in [1.165, 1.54) is 24.3 Å². The maximum Gasteiger partial charge on any atom is 0.294 e. The minimum atomic E-state index is -4.87. The van der Waals surface area contributed by atoms with E-state index in [2.05, 4.69) is 46.3 Å². The average molecular weight is 738 g/mol. The molecule has 17 nitrogen and oxygen atoms in total. The quantitative estimate of drug-likeness (QED) is 0.0176. The number of hydrogen-bond donors (Lipinski definition) is 6. The number of aldehydes is 1. The largest absolute Gasteiger partial charge is 0.504 e. The van der Waals surface area contributed by atoms with E-state index in [0.717, 1.165) is 29.8 Å². The van der Waals surface area contributed by atoms with Crippen LogP contribution in [-0.4, -0.2) is 58.1 Å². The third-order valence-electron chi connectivity index (χ3n) is 6.52. The van der Waals surface area contributed by atoms with Crippen LogP contribution < -0.4 is 16.1 Å². The van der Waals surface area contributed by atoms with Gasteiger partial charge in [0.25, 0.3) is 20.2 Å². The average Bonchev–Trinajstić information content (AvgIpc) is 3.05. The number of nitrogens with one attached hydrogen (secondary N) is 3. The van der Waals surface area contributed by atoms with E-state index < -0.39 is 35.8 Å². The van der Waals surface area contributed by atoms with Gasteiger partial charge in [-0.25, -0.2) is 0 Å². The van der Waals surface area contributed by atoms with E-state index in [9.17, 15) is 35.8 Å². The summed E-state index contributed by atoms with van der Waals surface area (Å²) < 4.78 is 66.8. The first-order chi connectivity index (χ1) is 23.7. The van der Waals surface area contributed by atoms with Crippen molar-refractivity contribution in [2.45, 2.75) is 16.7 Å². The third kappa shape index (κ3) is 8.98. The second-order valence-electron chi connectivity index (χ2n) is 10.1. The molecular weight excluding hydrogens is 714 g/mol. The number of aryl methyl sites for hydroxylation is 1. The molecule has 0 aliphatic heterocycles. The summed E-state index contributed by atoms with van der Waals surface area (Å²) in [7, 11) is -9.41. The summed E-state index contributed by atoms with van der Waals surface area (Å²) in [5.41, 5.74) is 3.83. The van der Waals surface area contributed by atoms with Gasteiger partial charge < -0.3 is 15.7 Å². The zero-order valence-corrected chi connectivity index (χ0v) is 27.8. The van der Waals surface area contributed by atoms with Gasteiger partial charge in [0.2, 0.25) is 23.0 Å². The number of phenols is 1. The molecular formula is C30H24ClN9O8S2. The van der Waals surface area contributed by atoms with Crippen LogP contribution >= 0.6 is 11.6 Å². The van der Waals surface area contributed by atoms with Gasteiger partial charge in [0.15, 0.2) is 12.0 Å². The summed E-state index contributed by atoms with van der Waals surface area (Å²) in [5, 5.41) is 28.7. The van der Waals surface area contributed by atoms with Gasteiger partial charge in [-0.15, -0.1) is 10.2 Å². The molecule has 0 saturated carbocycles. The summed E-state index contributed by atoms with van der Waals surface area (Å²) in [6.45, 7) is 1.89. The van der Waals surface area contributed by atoms with Gasteiger partial charge in [0, 0.05) is 16.8 Å². The highest BCUT2D eigenvalue weighted by atomic mass is 35.5. The molecule has 20 heteroatoms. The molecule has 4 aromatic carbocycles. The molecule has 50 heavy (non-hydrogen) atoms. The normalized spacial score (nSPS) is 12.1. The number of aromatic hydroxyl groups is 1. The van der Waals surface area contributed by atoms with Crippen LogP contribution in [0.3, 0.4) is 0 Å². The first kappa shape index (κ1) is 35.4. The van der Waals surface area contributed by atoms with Gasteiger partial charge in [-0.05, 0) is 84.8 Å². The van der Waals surface area contributed by atoms with Gasteiger partial charge in [0.1, 0.15) is 5.69 Å². The highest BCUT2D eigenvalue weighted by Gasteiger charge is 2.19. The molecule has 5 aromatic rings. The molecule has 0 saturated heterocycles. The van der Waals surface area contributed by atoms with Crippen LogP contribution in [0.15, 0.2) is 110 Å². The summed E-state index contributed by atoms with van der Waals surface area (Å²) in [4.78, 5) is 22.6. The summed E-state index contributed by atoms with van der Waals surface area (Å²) in [6.07, 6.45) is 0.555. The highest BCUT2D eigenvalue weighted by Crippen LogP contribution is 2.37. The molecule has 1 heterocycles. The maximum atomic E-state index is 12.2. The lowest BCUT2D eigenvalue weighted by Gasteiger charge is -2.14. The molecule has 0 aliphatic rings. The number of amidine groups is 1. The molecule has 0 fully saturated rings. The number of aromatic nitrogens is 3. The summed E-state index contributed by atoms with van der Waals surface area (Å²) in [5.74, 6) is -1.10. The Bertz CT molecular complexity index is 2380. The fraction of sp³-hybridized carbons (Fsp3) is 0.0333. The maximum absolute atomic E-state index is 12.2. The van der Waals surface area contributed by atoms with Crippen LogP contribution in [0.5, 0.6) is 5.75 Å². The number of carbonyl (C=O) groups excluding carboxylic acids is 1. The van der Waals surface area contributed by atoms with E-state index in [-0.39, 0.29) is 51.2 Å². The Balaban J connectivity index is 1.54. The van der Waals surface area contributed by atoms with Crippen molar-refractivity contribution in [2.75, 3.05) is 16.1 Å². The first-order valence-corrected chi connectivity index (χ1v) is 17.2. The van der Waals surface area contributed by atoms with Crippen LogP contribution in [0.4, 0.5) is 34.6 Å². The minimum Gasteiger partial charge on any atom is -0.504 e. The number of anilines is 5. The monoisotopic (exact) mass is 737 g/mol. The van der Waals surface area contributed by atoms with Crippen LogP contribution in [0.2, 0.25) is 5.28 Å². The number of halogens is 1. The van der Waals surface area contributed by atoms with E-state index in [0.29, 0.717) is 12.0 Å². The standard InChI is InChI=1S/C30H24ClN9O8S2/c1-17-5-4-7-20(13-17)32-29-34-28(31)35-30(36-29)33-24-14-22(50(46,47)48)15-25(26(24)42)38-40-27(18-9-11-21(12-10-18)49(43,44)45)39-37-23-8-3-2-6-19(23)16-41/h2-16,38,42H,1H3,(H,43,44,45)(H,46,47,48)(H2,32,33,34,35,36). The minimum absolute atomic E-state index is 0.0117. The Kier molecular flexibility index (Phi) is 10.4. The Morgan fingerprint density at radius 1 is 0.800 bits per heavy atom. The number of phenolic OH excluding ortho intramolecular Hbond substituents is 1. The van der Waals surface area contributed by atoms with Gasteiger partial charge in [-0.1, -0.05) is 24.3 Å². The van der Waals surface area contributed by atoms with E-state index in [4.69, 9.17) is 11.6 Å². The summed E-state index contributed by atoms with van der Waals surface area (Å²) in [6, 6.07) is 19.8. The number of carbonyl (C=O) groups is 1. The van der Waals surface area contributed by atoms with Gasteiger partial charge in [0.05, 0.1) is 21.2 Å². The number of hydrazone groups is 1. The molecule has 6 N–H and O–H groups in total. The molecule has 0 radical (unpaired) electrons. The predicted molar refractivity (Wildman–Crippen MR) is 183 cm³/mol.